The fourth-order valence-corrected chi connectivity index (χ4v) is 1.93. The molecule has 1 amide bonds. The van der Waals surface area contributed by atoms with Crippen molar-refractivity contribution in [2.24, 2.45) is 5.73 Å². The molecule has 5 nitrogen and oxygen atoms in total. The van der Waals surface area contributed by atoms with Crippen molar-refractivity contribution < 1.29 is 27.5 Å². The lowest BCUT2D eigenvalue weighted by atomic mass is 9.98. The lowest BCUT2D eigenvalue weighted by molar-refractivity contribution is -0.141. The number of benzene rings is 1. The van der Waals surface area contributed by atoms with E-state index in [1.165, 1.54) is 13.0 Å². The Morgan fingerprint density at radius 2 is 1.95 bits per heavy atom. The molecule has 0 aromatic heterocycles. The fraction of sp³-hybridized carbons (Fsp3) is 0.429. The molecule has 0 fully saturated rings. The van der Waals surface area contributed by atoms with Crippen molar-refractivity contribution in [3.05, 3.63) is 34.9 Å². The number of halogens is 3. The van der Waals surface area contributed by atoms with Crippen molar-refractivity contribution in [1.82, 2.24) is 5.32 Å². The van der Waals surface area contributed by atoms with Gasteiger partial charge in [-0.1, -0.05) is 11.6 Å². The Balaban J connectivity index is 3.20. The summed E-state index contributed by atoms with van der Waals surface area (Å²) in [6, 6.07) is 2.42. The topological polar surface area (TPSA) is 81.4 Å². The molecule has 1 aromatic rings. The zero-order valence-corrected chi connectivity index (χ0v) is 12.2. The molecule has 3 N–H and O–H groups in total. The molecular weight excluding hydrogens is 301 g/mol. The van der Waals surface area contributed by atoms with E-state index in [2.05, 4.69) is 10.1 Å². The van der Waals surface area contributed by atoms with Gasteiger partial charge in [0.15, 0.2) is 0 Å². The van der Waals surface area contributed by atoms with Gasteiger partial charge in [0.2, 0.25) is 5.91 Å². The molecule has 0 saturated heterocycles. The molecule has 0 unspecified atom stereocenters. The zero-order chi connectivity index (χ0) is 16.9. The molecule has 0 aliphatic heterocycles. The van der Waals surface area contributed by atoms with Gasteiger partial charge >= 0.3 is 12.1 Å². The standard InChI is InChI=1S/C14H17F3N2O3/c1-8-3-9(5-10(4-8)14(15,16)17)11(6-13(21)22-2)19-12(20)7-18/h3-5,11H,6-7,18H2,1-2H3,(H,19,20)/t11-/m0/s1. The molecule has 122 valence electrons. The number of hydrogen-bond donors (Lipinski definition) is 2. The van der Waals surface area contributed by atoms with Crippen LogP contribution in [0, 0.1) is 6.92 Å². The van der Waals surface area contributed by atoms with E-state index in [4.69, 9.17) is 5.73 Å². The average molecular weight is 318 g/mol. The second kappa shape index (κ2) is 7.26. The van der Waals surface area contributed by atoms with Crippen LogP contribution in [-0.2, 0) is 20.5 Å². The van der Waals surface area contributed by atoms with Crippen LogP contribution in [0.15, 0.2) is 18.2 Å². The highest BCUT2D eigenvalue weighted by atomic mass is 19.4. The highest BCUT2D eigenvalue weighted by Crippen LogP contribution is 2.32. The number of carbonyl (C=O) groups is 2. The van der Waals surface area contributed by atoms with Gasteiger partial charge in [0, 0.05) is 0 Å². The Bertz CT molecular complexity index is 541. The van der Waals surface area contributed by atoms with Gasteiger partial charge in [-0.2, -0.15) is 13.2 Å². The molecule has 0 radical (unpaired) electrons. The first-order valence-corrected chi connectivity index (χ1v) is 6.42. The highest BCUT2D eigenvalue weighted by Gasteiger charge is 2.32. The minimum Gasteiger partial charge on any atom is -0.469 e. The molecule has 1 aromatic carbocycles. The number of hydrogen-bond acceptors (Lipinski definition) is 4. The summed E-state index contributed by atoms with van der Waals surface area (Å²) in [4.78, 5) is 22.8. The van der Waals surface area contributed by atoms with Gasteiger partial charge in [-0.25, -0.2) is 0 Å². The predicted octanol–water partition coefficient (Wildman–Crippen LogP) is 1.69. The number of alkyl halides is 3. The lowest BCUT2D eigenvalue weighted by Crippen LogP contribution is -2.35. The van der Waals surface area contributed by atoms with Crippen LogP contribution in [0.25, 0.3) is 0 Å². The third-order valence-electron chi connectivity index (χ3n) is 2.95. The SMILES string of the molecule is COC(=O)C[C@H](NC(=O)CN)c1cc(C)cc(C(F)(F)F)c1. The number of ether oxygens (including phenoxy) is 1. The van der Waals surface area contributed by atoms with Crippen LogP contribution in [0.1, 0.15) is 29.2 Å². The van der Waals surface area contributed by atoms with E-state index in [0.29, 0.717) is 5.56 Å². The summed E-state index contributed by atoms with van der Waals surface area (Å²) in [6.07, 6.45) is -4.81. The van der Waals surface area contributed by atoms with Crippen molar-refractivity contribution in [1.29, 1.82) is 0 Å². The number of esters is 1. The number of rotatable bonds is 5. The van der Waals surface area contributed by atoms with E-state index < -0.39 is 29.7 Å². The van der Waals surface area contributed by atoms with E-state index in [1.54, 1.807) is 0 Å². The highest BCUT2D eigenvalue weighted by molar-refractivity contribution is 5.79. The summed E-state index contributed by atoms with van der Waals surface area (Å²) in [6.45, 7) is 1.16. The van der Waals surface area contributed by atoms with Gasteiger partial charge < -0.3 is 15.8 Å². The Hall–Kier alpha value is -2.09. The van der Waals surface area contributed by atoms with Crippen molar-refractivity contribution >= 4 is 11.9 Å². The number of amides is 1. The molecule has 0 bridgehead atoms. The largest absolute Gasteiger partial charge is 0.469 e. The number of methoxy groups -OCH3 is 1. The maximum Gasteiger partial charge on any atom is 0.416 e. The van der Waals surface area contributed by atoms with E-state index in [0.717, 1.165) is 19.2 Å². The zero-order valence-electron chi connectivity index (χ0n) is 12.2. The van der Waals surface area contributed by atoms with E-state index >= 15 is 0 Å². The van der Waals surface area contributed by atoms with Gasteiger partial charge in [-0.05, 0) is 24.6 Å². The number of nitrogens with one attached hydrogen (secondary N) is 1. The van der Waals surface area contributed by atoms with Crippen LogP contribution < -0.4 is 11.1 Å². The van der Waals surface area contributed by atoms with Crippen molar-refractivity contribution in [3.63, 3.8) is 0 Å². The second-order valence-corrected chi connectivity index (χ2v) is 4.73. The first-order valence-electron chi connectivity index (χ1n) is 6.42. The van der Waals surface area contributed by atoms with Gasteiger partial charge in [0.1, 0.15) is 0 Å². The maximum atomic E-state index is 12.9. The number of nitrogens with two attached hydrogens (primary N) is 1. The molecule has 22 heavy (non-hydrogen) atoms. The van der Waals surface area contributed by atoms with Crippen molar-refractivity contribution in [2.45, 2.75) is 25.6 Å². The molecule has 1 atom stereocenters. The second-order valence-electron chi connectivity index (χ2n) is 4.73. The monoisotopic (exact) mass is 318 g/mol. The minimum absolute atomic E-state index is 0.166. The lowest BCUT2D eigenvalue weighted by Gasteiger charge is -2.20. The summed E-state index contributed by atoms with van der Waals surface area (Å²) < 4.78 is 43.1. The van der Waals surface area contributed by atoms with Gasteiger partial charge in [0.25, 0.3) is 0 Å². The normalized spacial score (nSPS) is 12.6. The molecular formula is C14H17F3N2O3. The number of aryl methyl sites for hydroxylation is 1. The summed E-state index contributed by atoms with van der Waals surface area (Å²) >= 11 is 0. The van der Waals surface area contributed by atoms with E-state index in [-0.39, 0.29) is 18.5 Å². The van der Waals surface area contributed by atoms with Crippen LogP contribution in [-0.4, -0.2) is 25.5 Å². The molecule has 1 rings (SSSR count). The van der Waals surface area contributed by atoms with Crippen molar-refractivity contribution in [2.75, 3.05) is 13.7 Å². The predicted molar refractivity (Wildman–Crippen MR) is 72.8 cm³/mol. The average Bonchev–Trinajstić information content (AvgIpc) is 2.44. The van der Waals surface area contributed by atoms with Gasteiger partial charge in [0.05, 0.1) is 31.7 Å². The quantitative estimate of drug-likeness (QED) is 0.810. The minimum atomic E-state index is -4.52. The van der Waals surface area contributed by atoms with Crippen LogP contribution in [0.5, 0.6) is 0 Å². The summed E-state index contributed by atoms with van der Waals surface area (Å²) in [5, 5.41) is 2.42. The molecule has 0 spiro atoms. The first kappa shape index (κ1) is 18.0. The number of carbonyl (C=O) groups excluding carboxylic acids is 2. The van der Waals surface area contributed by atoms with Crippen molar-refractivity contribution in [3.8, 4) is 0 Å². The van der Waals surface area contributed by atoms with Crippen LogP contribution in [0.2, 0.25) is 0 Å². The van der Waals surface area contributed by atoms with Crippen LogP contribution in [0.3, 0.4) is 0 Å². The Labute approximate surface area is 125 Å². The molecule has 0 saturated carbocycles. The maximum absolute atomic E-state index is 12.9. The molecule has 0 heterocycles. The molecule has 0 aliphatic rings. The Morgan fingerprint density at radius 3 is 2.45 bits per heavy atom. The van der Waals surface area contributed by atoms with Gasteiger partial charge in [-0.15, -0.1) is 0 Å². The Morgan fingerprint density at radius 1 is 1.32 bits per heavy atom. The smallest absolute Gasteiger partial charge is 0.416 e. The van der Waals surface area contributed by atoms with E-state index in [9.17, 15) is 22.8 Å². The third kappa shape index (κ3) is 5.03. The molecule has 8 heteroatoms. The molecule has 0 aliphatic carbocycles. The van der Waals surface area contributed by atoms with Gasteiger partial charge in [-0.3, -0.25) is 9.59 Å². The Kier molecular flexibility index (Phi) is 5.92. The van der Waals surface area contributed by atoms with E-state index in [1.807, 2.05) is 0 Å². The van der Waals surface area contributed by atoms with Crippen LogP contribution in [0.4, 0.5) is 13.2 Å². The van der Waals surface area contributed by atoms with Crippen LogP contribution >= 0.6 is 0 Å². The summed E-state index contributed by atoms with van der Waals surface area (Å²) in [5.74, 6) is -1.23. The summed E-state index contributed by atoms with van der Waals surface area (Å²) in [7, 11) is 1.15. The fourth-order valence-electron chi connectivity index (χ4n) is 1.93. The summed E-state index contributed by atoms with van der Waals surface area (Å²) in [5.41, 5.74) is 4.86. The first-order chi connectivity index (χ1) is 10.2. The third-order valence-corrected chi connectivity index (χ3v) is 2.95.